The van der Waals surface area contributed by atoms with Gasteiger partial charge in [0, 0.05) is 0 Å². The molecule has 1 aliphatic heterocycles. The van der Waals surface area contributed by atoms with Gasteiger partial charge in [-0.25, -0.2) is 9.18 Å². The molecule has 25 heavy (non-hydrogen) atoms. The number of benzene rings is 1. The first-order chi connectivity index (χ1) is 11.6. The van der Waals surface area contributed by atoms with E-state index < -0.39 is 23.4 Å². The third-order valence-electron chi connectivity index (χ3n) is 4.21. The zero-order valence-electron chi connectivity index (χ0n) is 14.9. The van der Waals surface area contributed by atoms with Crippen molar-refractivity contribution in [2.45, 2.75) is 45.7 Å². The van der Waals surface area contributed by atoms with Crippen molar-refractivity contribution >= 4 is 17.8 Å². The Morgan fingerprint density at radius 1 is 1.24 bits per heavy atom. The van der Waals surface area contributed by atoms with Crippen LogP contribution >= 0.6 is 0 Å². The lowest BCUT2D eigenvalue weighted by atomic mass is 9.91. The van der Waals surface area contributed by atoms with Gasteiger partial charge in [0.25, 0.3) is 5.91 Å². The van der Waals surface area contributed by atoms with Crippen LogP contribution in [0.4, 0.5) is 9.18 Å². The third-order valence-corrected chi connectivity index (χ3v) is 4.21. The molecule has 2 rings (SSSR count). The van der Waals surface area contributed by atoms with Gasteiger partial charge in [-0.15, -0.1) is 0 Å². The van der Waals surface area contributed by atoms with Gasteiger partial charge in [-0.3, -0.25) is 14.5 Å². The van der Waals surface area contributed by atoms with E-state index in [0.717, 1.165) is 10.5 Å². The monoisotopic (exact) mass is 349 g/mol. The number of amides is 4. The summed E-state index contributed by atoms with van der Waals surface area (Å²) in [7, 11) is 0. The molecule has 0 bridgehead atoms. The third kappa shape index (κ3) is 4.35. The number of carbonyl (C=O) groups is 3. The highest BCUT2D eigenvalue weighted by molar-refractivity contribution is 6.08. The van der Waals surface area contributed by atoms with Crippen molar-refractivity contribution in [3.8, 4) is 0 Å². The SMILES string of the molecule is CC(C)CC1(C)NC(=O)N(CC(=O)NC(C)c2ccc(F)cc2)C1=O. The molecule has 2 atom stereocenters. The second kappa shape index (κ2) is 7.21. The number of rotatable bonds is 6. The molecule has 0 spiro atoms. The Morgan fingerprint density at radius 3 is 2.40 bits per heavy atom. The maximum atomic E-state index is 13.0. The molecule has 0 aromatic heterocycles. The molecule has 1 saturated heterocycles. The first-order valence-corrected chi connectivity index (χ1v) is 8.31. The quantitative estimate of drug-likeness (QED) is 0.774. The second-order valence-electron chi connectivity index (χ2n) is 7.09. The van der Waals surface area contributed by atoms with Gasteiger partial charge in [0.2, 0.25) is 5.91 Å². The molecule has 0 saturated carbocycles. The van der Waals surface area contributed by atoms with Crippen LogP contribution in [-0.2, 0) is 9.59 Å². The first-order valence-electron chi connectivity index (χ1n) is 8.31. The maximum Gasteiger partial charge on any atom is 0.325 e. The van der Waals surface area contributed by atoms with Gasteiger partial charge in [-0.2, -0.15) is 0 Å². The molecule has 1 aromatic carbocycles. The Kier molecular flexibility index (Phi) is 5.45. The normalized spacial score (nSPS) is 21.4. The Morgan fingerprint density at radius 2 is 1.84 bits per heavy atom. The van der Waals surface area contributed by atoms with Gasteiger partial charge in [0.1, 0.15) is 17.9 Å². The molecule has 136 valence electrons. The van der Waals surface area contributed by atoms with Gasteiger partial charge in [0.05, 0.1) is 6.04 Å². The highest BCUT2D eigenvalue weighted by Gasteiger charge is 2.48. The molecule has 6 nitrogen and oxygen atoms in total. The minimum absolute atomic E-state index is 0.224. The van der Waals surface area contributed by atoms with E-state index in [1.807, 2.05) is 13.8 Å². The number of nitrogens with zero attached hydrogens (tertiary/aromatic N) is 1. The highest BCUT2D eigenvalue weighted by atomic mass is 19.1. The standard InChI is InChI=1S/C18H24FN3O3/c1-11(2)9-18(4)16(24)22(17(25)21-18)10-15(23)20-12(3)13-5-7-14(19)8-6-13/h5-8,11-12H,9-10H2,1-4H3,(H,20,23)(H,21,25). The van der Waals surface area contributed by atoms with Gasteiger partial charge < -0.3 is 10.6 Å². The van der Waals surface area contributed by atoms with Crippen molar-refractivity contribution in [2.75, 3.05) is 6.54 Å². The molecular weight excluding hydrogens is 325 g/mol. The van der Waals surface area contributed by atoms with Crippen LogP contribution in [0.3, 0.4) is 0 Å². The molecule has 4 amide bonds. The average Bonchev–Trinajstić information content (AvgIpc) is 2.70. The van der Waals surface area contributed by atoms with E-state index in [1.54, 1.807) is 26.0 Å². The molecule has 0 radical (unpaired) electrons. The fourth-order valence-electron chi connectivity index (χ4n) is 3.11. The Hall–Kier alpha value is -2.44. The van der Waals surface area contributed by atoms with E-state index in [4.69, 9.17) is 0 Å². The number of urea groups is 1. The van der Waals surface area contributed by atoms with E-state index in [9.17, 15) is 18.8 Å². The van der Waals surface area contributed by atoms with Crippen molar-refractivity contribution in [1.82, 2.24) is 15.5 Å². The zero-order chi connectivity index (χ0) is 18.8. The van der Waals surface area contributed by atoms with Gasteiger partial charge in [-0.1, -0.05) is 26.0 Å². The smallest absolute Gasteiger partial charge is 0.325 e. The minimum atomic E-state index is -0.978. The number of carbonyl (C=O) groups excluding carboxylic acids is 3. The van der Waals surface area contributed by atoms with Crippen molar-refractivity contribution < 1.29 is 18.8 Å². The van der Waals surface area contributed by atoms with Crippen LogP contribution in [0.25, 0.3) is 0 Å². The number of halogens is 1. The summed E-state index contributed by atoms with van der Waals surface area (Å²) in [5.74, 6) is -0.975. The number of hydrogen-bond donors (Lipinski definition) is 2. The maximum absolute atomic E-state index is 13.0. The van der Waals surface area contributed by atoms with Crippen LogP contribution in [0.1, 0.15) is 45.7 Å². The summed E-state index contributed by atoms with van der Waals surface area (Å²) in [6, 6.07) is 4.86. The zero-order valence-corrected chi connectivity index (χ0v) is 14.9. The fourth-order valence-corrected chi connectivity index (χ4v) is 3.11. The Bertz CT molecular complexity index is 675. The molecule has 2 unspecified atom stereocenters. The Labute approximate surface area is 146 Å². The van der Waals surface area contributed by atoms with Crippen molar-refractivity contribution in [3.63, 3.8) is 0 Å². The van der Waals surface area contributed by atoms with Crippen molar-refractivity contribution in [3.05, 3.63) is 35.6 Å². The molecule has 2 N–H and O–H groups in total. The largest absolute Gasteiger partial charge is 0.348 e. The summed E-state index contributed by atoms with van der Waals surface area (Å²) in [5.41, 5.74) is -0.245. The number of nitrogens with one attached hydrogen (secondary N) is 2. The van der Waals surface area contributed by atoms with Crippen LogP contribution in [0.2, 0.25) is 0 Å². The topological polar surface area (TPSA) is 78.5 Å². The predicted molar refractivity (Wildman–Crippen MR) is 91.1 cm³/mol. The average molecular weight is 349 g/mol. The lowest BCUT2D eigenvalue weighted by Crippen LogP contribution is -2.46. The van der Waals surface area contributed by atoms with Crippen LogP contribution in [-0.4, -0.2) is 34.8 Å². The summed E-state index contributed by atoms with van der Waals surface area (Å²) in [5, 5.41) is 5.39. The molecule has 0 aliphatic carbocycles. The summed E-state index contributed by atoms with van der Waals surface area (Å²) in [6.45, 7) is 7.00. The molecule has 1 aliphatic rings. The Balaban J connectivity index is 1.99. The van der Waals surface area contributed by atoms with Gasteiger partial charge in [-0.05, 0) is 43.9 Å². The molecule has 1 fully saturated rings. The molecule has 1 heterocycles. The fraction of sp³-hybridized carbons (Fsp3) is 0.500. The van der Waals surface area contributed by atoms with Crippen molar-refractivity contribution in [2.24, 2.45) is 5.92 Å². The first kappa shape index (κ1) is 18.9. The second-order valence-corrected chi connectivity index (χ2v) is 7.09. The van der Waals surface area contributed by atoms with Gasteiger partial charge >= 0.3 is 6.03 Å². The predicted octanol–water partition coefficient (Wildman–Crippen LogP) is 2.36. The lowest BCUT2D eigenvalue weighted by Gasteiger charge is -2.23. The number of imide groups is 1. The van der Waals surface area contributed by atoms with Crippen LogP contribution in [0, 0.1) is 11.7 Å². The molecular formula is C18H24FN3O3. The summed E-state index contributed by atoms with van der Waals surface area (Å²) in [4.78, 5) is 37.8. The van der Waals surface area contributed by atoms with Crippen LogP contribution < -0.4 is 10.6 Å². The highest BCUT2D eigenvalue weighted by Crippen LogP contribution is 2.24. The van der Waals surface area contributed by atoms with Crippen LogP contribution in [0.15, 0.2) is 24.3 Å². The minimum Gasteiger partial charge on any atom is -0.348 e. The number of hydrogen-bond acceptors (Lipinski definition) is 3. The van der Waals surface area contributed by atoms with E-state index in [-0.39, 0.29) is 24.3 Å². The van der Waals surface area contributed by atoms with Gasteiger partial charge in [0.15, 0.2) is 0 Å². The van der Waals surface area contributed by atoms with E-state index >= 15 is 0 Å². The summed E-state index contributed by atoms with van der Waals surface area (Å²) in [6.07, 6.45) is 0.502. The lowest BCUT2D eigenvalue weighted by molar-refractivity contribution is -0.135. The van der Waals surface area contributed by atoms with Crippen LogP contribution in [0.5, 0.6) is 0 Å². The van der Waals surface area contributed by atoms with E-state index in [2.05, 4.69) is 10.6 Å². The molecule has 1 aromatic rings. The molecule has 7 heteroatoms. The summed E-state index contributed by atoms with van der Waals surface area (Å²) >= 11 is 0. The summed E-state index contributed by atoms with van der Waals surface area (Å²) < 4.78 is 13.0. The van der Waals surface area contributed by atoms with E-state index in [0.29, 0.717) is 6.42 Å². The van der Waals surface area contributed by atoms with Crippen molar-refractivity contribution in [1.29, 1.82) is 0 Å². The van der Waals surface area contributed by atoms with E-state index in [1.165, 1.54) is 12.1 Å².